The lowest BCUT2D eigenvalue weighted by atomic mass is 10.2. The van der Waals surface area contributed by atoms with Crippen LogP contribution in [-0.4, -0.2) is 42.1 Å². The van der Waals surface area contributed by atoms with Gasteiger partial charge in [-0.25, -0.2) is 14.6 Å². The van der Waals surface area contributed by atoms with Gasteiger partial charge in [-0.3, -0.25) is 4.79 Å². The van der Waals surface area contributed by atoms with Gasteiger partial charge in [0.05, 0.1) is 13.2 Å². The van der Waals surface area contributed by atoms with Gasteiger partial charge in [0.2, 0.25) is 11.9 Å². The third-order valence-corrected chi connectivity index (χ3v) is 3.28. The van der Waals surface area contributed by atoms with E-state index in [1.54, 1.807) is 50.4 Å². The first-order valence-electron chi connectivity index (χ1n) is 8.38. The van der Waals surface area contributed by atoms with Gasteiger partial charge in [-0.2, -0.15) is 0 Å². The smallest absolute Gasteiger partial charge is 0.340 e. The van der Waals surface area contributed by atoms with Crippen molar-refractivity contribution in [3.8, 4) is 11.6 Å². The number of pyridine rings is 1. The molecule has 2 aromatic rings. The third-order valence-electron chi connectivity index (χ3n) is 3.28. The molecule has 0 aliphatic heterocycles. The van der Waals surface area contributed by atoms with E-state index >= 15 is 0 Å². The Morgan fingerprint density at radius 3 is 2.30 bits per heavy atom. The fourth-order valence-electron chi connectivity index (χ4n) is 2.11. The van der Waals surface area contributed by atoms with Gasteiger partial charge in [0, 0.05) is 17.8 Å². The van der Waals surface area contributed by atoms with Gasteiger partial charge in [-0.05, 0) is 38.1 Å². The van der Waals surface area contributed by atoms with Crippen LogP contribution in [0.25, 0.3) is 0 Å². The molecule has 0 radical (unpaired) electrons. The highest BCUT2D eigenvalue weighted by molar-refractivity contribution is 6.05. The van der Waals surface area contributed by atoms with E-state index < -0.39 is 23.9 Å². The molecule has 1 heterocycles. The summed E-state index contributed by atoms with van der Waals surface area (Å²) < 4.78 is 15.2. The van der Waals surface area contributed by atoms with Crippen molar-refractivity contribution in [1.29, 1.82) is 0 Å². The summed E-state index contributed by atoms with van der Waals surface area (Å²) in [7, 11) is 0. The number of rotatable bonds is 8. The highest BCUT2D eigenvalue weighted by Gasteiger charge is 2.31. The Morgan fingerprint density at radius 1 is 1.00 bits per heavy atom. The molecule has 0 atom stereocenters. The standard InChI is InChI=1S/C19H20N2O6/c1-3-25-18(23)16(19(24)26-4-2)21-17(22)13-8-7-9-14(12-13)27-15-10-5-6-11-20-15/h5-12,16H,3-4H2,1-2H3,(H,21,22). The zero-order chi connectivity index (χ0) is 19.6. The molecule has 0 aliphatic carbocycles. The lowest BCUT2D eigenvalue weighted by molar-refractivity contribution is -0.157. The molecule has 0 aliphatic rings. The first kappa shape index (κ1) is 19.9. The summed E-state index contributed by atoms with van der Waals surface area (Å²) >= 11 is 0. The van der Waals surface area contributed by atoms with Gasteiger partial charge >= 0.3 is 11.9 Å². The van der Waals surface area contributed by atoms with E-state index in [9.17, 15) is 14.4 Å². The molecule has 142 valence electrons. The maximum absolute atomic E-state index is 12.5. The number of carbonyl (C=O) groups excluding carboxylic acids is 3. The minimum Gasteiger partial charge on any atom is -0.464 e. The molecule has 2 rings (SSSR count). The Labute approximate surface area is 156 Å². The number of hydrogen-bond acceptors (Lipinski definition) is 7. The van der Waals surface area contributed by atoms with Crippen molar-refractivity contribution in [2.75, 3.05) is 13.2 Å². The topological polar surface area (TPSA) is 104 Å². The monoisotopic (exact) mass is 372 g/mol. The normalized spacial score (nSPS) is 10.2. The second kappa shape index (κ2) is 9.91. The summed E-state index contributed by atoms with van der Waals surface area (Å²) in [4.78, 5) is 40.4. The van der Waals surface area contributed by atoms with Crippen LogP contribution >= 0.6 is 0 Å². The van der Waals surface area contributed by atoms with E-state index in [0.29, 0.717) is 11.6 Å². The van der Waals surface area contributed by atoms with Gasteiger partial charge in [-0.1, -0.05) is 12.1 Å². The summed E-state index contributed by atoms with van der Waals surface area (Å²) in [5, 5.41) is 2.33. The molecule has 8 heteroatoms. The molecule has 0 saturated carbocycles. The van der Waals surface area contributed by atoms with Crippen LogP contribution in [0.2, 0.25) is 0 Å². The molecule has 0 saturated heterocycles. The van der Waals surface area contributed by atoms with Crippen LogP contribution in [0.1, 0.15) is 24.2 Å². The maximum Gasteiger partial charge on any atom is 0.340 e. The molecule has 0 spiro atoms. The quantitative estimate of drug-likeness (QED) is 0.559. The van der Waals surface area contributed by atoms with Crippen molar-refractivity contribution in [3.63, 3.8) is 0 Å². The van der Waals surface area contributed by atoms with Gasteiger partial charge in [0.25, 0.3) is 5.91 Å². The van der Waals surface area contributed by atoms with Crippen molar-refractivity contribution in [3.05, 3.63) is 54.2 Å². The molecule has 1 amide bonds. The molecule has 0 unspecified atom stereocenters. The number of carbonyl (C=O) groups is 3. The highest BCUT2D eigenvalue weighted by Crippen LogP contribution is 2.20. The van der Waals surface area contributed by atoms with Crippen LogP contribution in [0, 0.1) is 0 Å². The van der Waals surface area contributed by atoms with Crippen molar-refractivity contribution in [2.24, 2.45) is 0 Å². The average molecular weight is 372 g/mol. The lowest BCUT2D eigenvalue weighted by Gasteiger charge is -2.16. The summed E-state index contributed by atoms with van der Waals surface area (Å²) in [6, 6.07) is 9.90. The minimum absolute atomic E-state index is 0.0675. The van der Waals surface area contributed by atoms with E-state index in [1.807, 2.05) is 0 Å². The van der Waals surface area contributed by atoms with Crippen LogP contribution < -0.4 is 10.1 Å². The number of ether oxygens (including phenoxy) is 3. The van der Waals surface area contributed by atoms with E-state index in [0.717, 1.165) is 0 Å². The minimum atomic E-state index is -1.54. The SMILES string of the molecule is CCOC(=O)C(NC(=O)c1cccc(Oc2ccccn2)c1)C(=O)OCC. The summed E-state index contributed by atoms with van der Waals surface area (Å²) in [5.74, 6) is -1.67. The van der Waals surface area contributed by atoms with Crippen LogP contribution in [-0.2, 0) is 19.1 Å². The van der Waals surface area contributed by atoms with Crippen LogP contribution in [0.15, 0.2) is 48.7 Å². The first-order chi connectivity index (χ1) is 13.0. The van der Waals surface area contributed by atoms with Crippen LogP contribution in [0.5, 0.6) is 11.6 Å². The molecule has 0 bridgehead atoms. The Bertz CT molecular complexity index is 776. The predicted octanol–water partition coefficient (Wildman–Crippen LogP) is 2.10. The number of aromatic nitrogens is 1. The van der Waals surface area contributed by atoms with Crippen molar-refractivity contribution in [1.82, 2.24) is 10.3 Å². The Morgan fingerprint density at radius 2 is 1.70 bits per heavy atom. The van der Waals surface area contributed by atoms with Crippen LogP contribution in [0.4, 0.5) is 0 Å². The predicted molar refractivity (Wildman–Crippen MR) is 95.3 cm³/mol. The summed E-state index contributed by atoms with van der Waals surface area (Å²) in [6.45, 7) is 3.33. The second-order valence-corrected chi connectivity index (χ2v) is 5.21. The number of benzene rings is 1. The zero-order valence-electron chi connectivity index (χ0n) is 15.0. The van der Waals surface area contributed by atoms with E-state index in [2.05, 4.69) is 10.3 Å². The fraction of sp³-hybridized carbons (Fsp3) is 0.263. The Kier molecular flexibility index (Phi) is 7.30. The fourth-order valence-corrected chi connectivity index (χ4v) is 2.11. The molecule has 1 aromatic carbocycles. The zero-order valence-corrected chi connectivity index (χ0v) is 15.0. The summed E-state index contributed by atoms with van der Waals surface area (Å²) in [6.07, 6.45) is 1.58. The number of amides is 1. The molecule has 1 N–H and O–H groups in total. The Balaban J connectivity index is 2.13. The molecule has 27 heavy (non-hydrogen) atoms. The number of hydrogen-bond donors (Lipinski definition) is 1. The number of nitrogens with zero attached hydrogens (tertiary/aromatic N) is 1. The van der Waals surface area contributed by atoms with Crippen molar-refractivity contribution < 1.29 is 28.6 Å². The van der Waals surface area contributed by atoms with Gasteiger partial charge < -0.3 is 19.5 Å². The highest BCUT2D eigenvalue weighted by atomic mass is 16.6. The van der Waals surface area contributed by atoms with Crippen LogP contribution in [0.3, 0.4) is 0 Å². The summed E-state index contributed by atoms with van der Waals surface area (Å²) in [5.41, 5.74) is 0.196. The maximum atomic E-state index is 12.5. The largest absolute Gasteiger partial charge is 0.464 e. The Hall–Kier alpha value is -3.42. The second-order valence-electron chi connectivity index (χ2n) is 5.21. The molecule has 1 aromatic heterocycles. The first-order valence-corrected chi connectivity index (χ1v) is 8.38. The molecular formula is C19H20N2O6. The lowest BCUT2D eigenvalue weighted by Crippen LogP contribution is -2.48. The number of nitrogens with one attached hydrogen (secondary N) is 1. The molecular weight excluding hydrogens is 352 g/mol. The third kappa shape index (κ3) is 5.81. The number of esters is 2. The van der Waals surface area contributed by atoms with Crippen molar-refractivity contribution in [2.45, 2.75) is 19.9 Å². The van der Waals surface area contributed by atoms with Crippen molar-refractivity contribution >= 4 is 17.8 Å². The van der Waals surface area contributed by atoms with E-state index in [4.69, 9.17) is 14.2 Å². The van der Waals surface area contributed by atoms with Gasteiger partial charge in [0.15, 0.2) is 0 Å². The molecule has 0 fully saturated rings. The average Bonchev–Trinajstić information content (AvgIpc) is 2.67. The molecule has 8 nitrogen and oxygen atoms in total. The van der Waals surface area contributed by atoms with E-state index in [-0.39, 0.29) is 18.8 Å². The van der Waals surface area contributed by atoms with Gasteiger partial charge in [-0.15, -0.1) is 0 Å². The van der Waals surface area contributed by atoms with E-state index in [1.165, 1.54) is 12.1 Å². The van der Waals surface area contributed by atoms with Gasteiger partial charge in [0.1, 0.15) is 5.75 Å².